The topological polar surface area (TPSA) is 104 Å². The molecule has 7 heavy (non-hydrogen) atoms. The molecule has 0 unspecified atom stereocenters. The van der Waals surface area contributed by atoms with Crippen LogP contribution in [0.15, 0.2) is 0 Å². The fourth-order valence-corrected chi connectivity index (χ4v) is 0. The van der Waals surface area contributed by atoms with Gasteiger partial charge in [0.15, 0.2) is 7.98 Å². The lowest BCUT2D eigenvalue weighted by molar-refractivity contribution is 0.275. The van der Waals surface area contributed by atoms with Crippen LogP contribution in [0, 0.1) is 0 Å². The highest BCUT2D eigenvalue weighted by atomic mass is 31.2. The average Bonchev–Trinajstić information content (AvgIpc) is 1.36. The summed E-state index contributed by atoms with van der Waals surface area (Å²) >= 11 is 0. The molecule has 0 aliphatic rings. The highest BCUT2D eigenvalue weighted by Gasteiger charge is 2.00. The lowest BCUT2D eigenvalue weighted by Crippen LogP contribution is -1.75. The fraction of sp³-hybridized carbons (Fsp3) is 0. The zero-order valence-corrected chi connectivity index (χ0v) is 4.25. The van der Waals surface area contributed by atoms with Crippen molar-refractivity contribution in [2.75, 3.05) is 0 Å². The zero-order chi connectivity index (χ0) is 6.50. The van der Waals surface area contributed by atoms with E-state index in [1.54, 1.807) is 0 Å². The van der Waals surface area contributed by atoms with Crippen LogP contribution >= 0.6 is 7.82 Å². The molecule has 0 amide bonds. The monoisotopic (exact) mass is 125 g/mol. The summed E-state index contributed by atoms with van der Waals surface area (Å²) in [5.74, 6) is 0. The van der Waals surface area contributed by atoms with Crippen molar-refractivity contribution in [3.8, 4) is 0 Å². The van der Waals surface area contributed by atoms with Crippen LogP contribution < -0.4 is 5.64 Å². The molecule has 0 aromatic rings. The number of phosphoric acid groups is 1. The third kappa shape index (κ3) is 5760. The largest absolute Gasteiger partial charge is 0.466 e. The van der Waals surface area contributed by atoms with Crippen LogP contribution in [-0.2, 0) is 4.57 Å². The first-order valence-corrected chi connectivity index (χ1v) is 2.68. The van der Waals surface area contributed by atoms with E-state index < -0.39 is 7.82 Å². The molecule has 0 aliphatic carbocycles. The Morgan fingerprint density at radius 1 is 1.29 bits per heavy atom. The van der Waals surface area contributed by atoms with Crippen molar-refractivity contribution in [2.24, 2.45) is 5.64 Å². The van der Waals surface area contributed by atoms with E-state index in [4.69, 9.17) is 19.2 Å². The smallest absolute Gasteiger partial charge is 0.380 e. The number of hydrogen-bond acceptors (Lipinski definition) is 2. The molecule has 0 aliphatic heterocycles. The van der Waals surface area contributed by atoms with Crippen molar-refractivity contribution >= 4 is 15.8 Å². The van der Waals surface area contributed by atoms with Crippen molar-refractivity contribution in [3.05, 3.63) is 0 Å². The van der Waals surface area contributed by atoms with Gasteiger partial charge in [0.05, 0.1) is 0 Å². The Morgan fingerprint density at radius 2 is 1.29 bits per heavy atom. The summed E-state index contributed by atoms with van der Waals surface area (Å²) in [6, 6.07) is 0. The maximum Gasteiger partial charge on any atom is 0.466 e. The van der Waals surface area contributed by atoms with Gasteiger partial charge in [-0.2, -0.15) is 0 Å². The molecule has 42 valence electrons. The van der Waals surface area contributed by atoms with Gasteiger partial charge in [-0.15, -0.1) is 0 Å². The van der Waals surface area contributed by atoms with Gasteiger partial charge in [0, 0.05) is 0 Å². The van der Waals surface area contributed by atoms with E-state index in [2.05, 4.69) is 13.6 Å². The van der Waals surface area contributed by atoms with E-state index in [0.29, 0.717) is 0 Å². The van der Waals surface area contributed by atoms with Gasteiger partial charge in [-0.1, -0.05) is 0 Å². The van der Waals surface area contributed by atoms with Crippen molar-refractivity contribution in [1.82, 2.24) is 0 Å². The van der Waals surface area contributed by atoms with Crippen molar-refractivity contribution in [3.63, 3.8) is 0 Å². The Morgan fingerprint density at radius 3 is 1.29 bits per heavy atom. The minimum atomic E-state index is -4.64. The van der Waals surface area contributed by atoms with E-state index in [1.165, 1.54) is 0 Å². The minimum Gasteiger partial charge on any atom is -0.380 e. The van der Waals surface area contributed by atoms with E-state index in [9.17, 15) is 0 Å². The summed E-state index contributed by atoms with van der Waals surface area (Å²) in [7, 11) is -0.639. The van der Waals surface area contributed by atoms with Crippen LogP contribution in [0.25, 0.3) is 0 Å². The second-order valence-electron chi connectivity index (χ2n) is 0.513. The maximum absolute atomic E-state index is 8.88. The lowest BCUT2D eigenvalue weighted by Gasteiger charge is -1.82. The maximum atomic E-state index is 8.88. The lowest BCUT2D eigenvalue weighted by atomic mass is 10.5. The first-order chi connectivity index (χ1) is 3.00. The van der Waals surface area contributed by atoms with E-state index in [0.717, 1.165) is 0 Å². The molecular formula is H5BNO4P. The van der Waals surface area contributed by atoms with Gasteiger partial charge < -0.3 is 20.3 Å². The molecule has 0 heterocycles. The Bertz CT molecular complexity index is 57.8. The third-order valence-corrected chi connectivity index (χ3v) is 0. The average molecular weight is 125 g/mol. The summed E-state index contributed by atoms with van der Waals surface area (Å²) in [5.41, 5.74) is 4.00. The third-order valence-electron chi connectivity index (χ3n) is 0. The van der Waals surface area contributed by atoms with Crippen molar-refractivity contribution in [1.29, 1.82) is 0 Å². The molecule has 2 radical (unpaired) electrons. The second-order valence-corrected chi connectivity index (χ2v) is 1.54. The first-order valence-electron chi connectivity index (χ1n) is 1.12. The molecule has 7 heteroatoms. The Labute approximate surface area is 41.8 Å². The normalized spacial score (nSPS) is 9.14. The molecule has 0 saturated carbocycles. The SMILES string of the molecule is O=P(O)(O)O.[B]N. The molecule has 5 N–H and O–H groups in total. The molecule has 0 aromatic heterocycles. The van der Waals surface area contributed by atoms with Crippen molar-refractivity contribution < 1.29 is 19.2 Å². The number of hydrogen-bond donors (Lipinski definition) is 4. The molecule has 0 bridgehead atoms. The van der Waals surface area contributed by atoms with Crippen LogP contribution in [0.3, 0.4) is 0 Å². The summed E-state index contributed by atoms with van der Waals surface area (Å²) in [5, 5.41) is 0. The van der Waals surface area contributed by atoms with Gasteiger partial charge in [0.2, 0.25) is 0 Å². The van der Waals surface area contributed by atoms with Gasteiger partial charge in [-0.3, -0.25) is 0 Å². The molecule has 0 saturated heterocycles. The first kappa shape index (κ1) is 10.2. The summed E-state index contributed by atoms with van der Waals surface area (Å²) in [6.45, 7) is 0. The van der Waals surface area contributed by atoms with Crippen LogP contribution in [-0.4, -0.2) is 22.7 Å². The van der Waals surface area contributed by atoms with Crippen LogP contribution in [0.4, 0.5) is 0 Å². The zero-order valence-electron chi connectivity index (χ0n) is 3.35. The standard InChI is InChI=1S/BH2N.H3O4P/c1-2;1-5(2,3)4/h2H2;(H3,1,2,3,4). The predicted molar refractivity (Wildman–Crippen MR) is 24.2 cm³/mol. The fourth-order valence-electron chi connectivity index (χ4n) is 0. The van der Waals surface area contributed by atoms with Gasteiger partial charge in [-0.25, -0.2) is 4.57 Å². The molecular weight excluding hydrogens is 120 g/mol. The van der Waals surface area contributed by atoms with Crippen LogP contribution in [0.1, 0.15) is 0 Å². The Kier molecular flexibility index (Phi) is 6.25. The predicted octanol–water partition coefficient (Wildman–Crippen LogP) is -1.90. The van der Waals surface area contributed by atoms with Gasteiger partial charge in [0.1, 0.15) is 0 Å². The van der Waals surface area contributed by atoms with E-state index in [-0.39, 0.29) is 0 Å². The summed E-state index contributed by atoms with van der Waals surface area (Å²) < 4.78 is 8.88. The van der Waals surface area contributed by atoms with E-state index in [1.807, 2.05) is 0 Å². The number of nitrogens with two attached hydrogens (primary N) is 1. The minimum absolute atomic E-state index is 4.00. The van der Waals surface area contributed by atoms with Gasteiger partial charge in [-0.05, 0) is 0 Å². The van der Waals surface area contributed by atoms with E-state index >= 15 is 0 Å². The Hall–Kier alpha value is 0.135. The molecule has 0 fully saturated rings. The molecule has 0 spiro atoms. The molecule has 0 rings (SSSR count). The summed E-state index contributed by atoms with van der Waals surface area (Å²) in [4.78, 5) is 21.6. The second kappa shape index (κ2) is 4.30. The molecule has 5 nitrogen and oxygen atoms in total. The Balaban J connectivity index is 0. The molecule has 0 atom stereocenters. The van der Waals surface area contributed by atoms with Crippen LogP contribution in [0.5, 0.6) is 0 Å². The highest BCUT2D eigenvalue weighted by Crippen LogP contribution is 2.25. The molecule has 0 aromatic carbocycles. The van der Waals surface area contributed by atoms with Gasteiger partial charge >= 0.3 is 7.82 Å². The number of rotatable bonds is 0. The highest BCUT2D eigenvalue weighted by molar-refractivity contribution is 7.45. The van der Waals surface area contributed by atoms with Crippen molar-refractivity contribution in [2.45, 2.75) is 0 Å². The summed E-state index contributed by atoms with van der Waals surface area (Å²) in [6.07, 6.45) is 0. The van der Waals surface area contributed by atoms with Crippen LogP contribution in [0.2, 0.25) is 0 Å². The van der Waals surface area contributed by atoms with Gasteiger partial charge in [0.25, 0.3) is 0 Å². The quantitative estimate of drug-likeness (QED) is 0.223.